The molecule has 0 aliphatic carbocycles. The highest BCUT2D eigenvalue weighted by Crippen LogP contribution is 2.23. The summed E-state index contributed by atoms with van der Waals surface area (Å²) >= 11 is 0. The summed E-state index contributed by atoms with van der Waals surface area (Å²) in [6, 6.07) is 9.59. The number of fused-ring (bicyclic) bond motifs is 1. The molecule has 4 nitrogen and oxygen atoms in total. The van der Waals surface area contributed by atoms with Gasteiger partial charge in [0.1, 0.15) is 5.76 Å². The summed E-state index contributed by atoms with van der Waals surface area (Å²) in [5, 5.41) is 6.38. The van der Waals surface area contributed by atoms with E-state index in [-0.39, 0.29) is 5.78 Å². The molecule has 0 radical (unpaired) electrons. The minimum absolute atomic E-state index is 0.112. The molecule has 0 fully saturated rings. The maximum absolute atomic E-state index is 12.1. The Kier molecular flexibility index (Phi) is 3.33. The monoisotopic (exact) mass is 256 g/mol. The summed E-state index contributed by atoms with van der Waals surface area (Å²) in [5.41, 5.74) is 3.16. The Hall–Kier alpha value is -2.07. The van der Waals surface area contributed by atoms with Crippen LogP contribution in [0.15, 0.2) is 41.0 Å². The first kappa shape index (κ1) is 12.0. The predicted octanol–water partition coefficient (Wildman–Crippen LogP) is 2.22. The zero-order valence-corrected chi connectivity index (χ0v) is 10.6. The van der Waals surface area contributed by atoms with Crippen LogP contribution in [-0.4, -0.2) is 18.9 Å². The molecule has 19 heavy (non-hydrogen) atoms. The van der Waals surface area contributed by atoms with E-state index in [1.165, 1.54) is 5.56 Å². The van der Waals surface area contributed by atoms with E-state index in [4.69, 9.17) is 4.42 Å². The van der Waals surface area contributed by atoms with E-state index in [2.05, 4.69) is 10.6 Å². The third-order valence-corrected chi connectivity index (χ3v) is 3.30. The van der Waals surface area contributed by atoms with Crippen molar-refractivity contribution in [2.24, 2.45) is 0 Å². The highest BCUT2D eigenvalue weighted by atomic mass is 16.3. The molecule has 2 N–H and O–H groups in total. The Morgan fingerprint density at radius 3 is 3.16 bits per heavy atom. The molecule has 1 aliphatic heterocycles. The van der Waals surface area contributed by atoms with Crippen molar-refractivity contribution in [1.82, 2.24) is 5.32 Å². The Bertz CT molecular complexity index is 576. The zero-order chi connectivity index (χ0) is 13.1. The number of carbonyl (C=O) groups is 1. The summed E-state index contributed by atoms with van der Waals surface area (Å²) in [4.78, 5) is 12.1. The minimum atomic E-state index is 0.112. The number of carbonyl (C=O) groups excluding carboxylic acids is 1. The van der Waals surface area contributed by atoms with Gasteiger partial charge in [-0.1, -0.05) is 0 Å². The summed E-state index contributed by atoms with van der Waals surface area (Å²) in [6.45, 7) is 1.86. The highest BCUT2D eigenvalue weighted by molar-refractivity contribution is 5.98. The van der Waals surface area contributed by atoms with Gasteiger partial charge in [0, 0.05) is 17.8 Å². The second kappa shape index (κ2) is 5.28. The topological polar surface area (TPSA) is 54.3 Å². The lowest BCUT2D eigenvalue weighted by molar-refractivity contribution is 0.0990. The molecule has 0 unspecified atom stereocenters. The molecule has 1 aromatic heterocycles. The van der Waals surface area contributed by atoms with Gasteiger partial charge in [0.15, 0.2) is 5.78 Å². The van der Waals surface area contributed by atoms with Crippen molar-refractivity contribution in [1.29, 1.82) is 0 Å². The van der Waals surface area contributed by atoms with Crippen LogP contribution in [0.25, 0.3) is 0 Å². The van der Waals surface area contributed by atoms with E-state index in [1.54, 1.807) is 6.26 Å². The van der Waals surface area contributed by atoms with Crippen LogP contribution in [-0.2, 0) is 13.0 Å². The molecule has 98 valence electrons. The zero-order valence-electron chi connectivity index (χ0n) is 10.6. The van der Waals surface area contributed by atoms with Crippen LogP contribution in [0.1, 0.15) is 21.7 Å². The number of Topliss-reactive ketones (excluding diaryl/α,β-unsaturated/α-hetero) is 1. The fourth-order valence-corrected chi connectivity index (χ4v) is 2.29. The molecule has 2 aromatic rings. The van der Waals surface area contributed by atoms with Crippen molar-refractivity contribution in [3.05, 3.63) is 53.5 Å². The molecule has 0 saturated carbocycles. The molecule has 0 spiro atoms. The van der Waals surface area contributed by atoms with Gasteiger partial charge in [0.05, 0.1) is 19.4 Å². The summed E-state index contributed by atoms with van der Waals surface area (Å²) < 4.78 is 5.20. The SMILES string of the molecule is O=C(CNCc1ccco1)c1ccc2c(c1)CCN2. The number of furan rings is 1. The lowest BCUT2D eigenvalue weighted by Gasteiger charge is -2.05. The van der Waals surface area contributed by atoms with Crippen LogP contribution < -0.4 is 10.6 Å². The summed E-state index contributed by atoms with van der Waals surface area (Å²) in [5.74, 6) is 0.951. The first-order valence-corrected chi connectivity index (χ1v) is 6.46. The number of nitrogens with one attached hydrogen (secondary N) is 2. The molecule has 1 aromatic carbocycles. The van der Waals surface area contributed by atoms with Gasteiger partial charge in [-0.2, -0.15) is 0 Å². The number of hydrogen-bond acceptors (Lipinski definition) is 4. The lowest BCUT2D eigenvalue weighted by Crippen LogP contribution is -2.22. The normalized spacial score (nSPS) is 13.1. The van der Waals surface area contributed by atoms with Gasteiger partial charge in [-0.3, -0.25) is 4.79 Å². The molecule has 2 heterocycles. The van der Waals surface area contributed by atoms with Gasteiger partial charge in [0.2, 0.25) is 0 Å². The van der Waals surface area contributed by atoms with E-state index in [0.29, 0.717) is 13.1 Å². The summed E-state index contributed by atoms with van der Waals surface area (Å²) in [6.07, 6.45) is 2.63. The van der Waals surface area contributed by atoms with E-state index in [1.807, 2.05) is 30.3 Å². The minimum Gasteiger partial charge on any atom is -0.468 e. The van der Waals surface area contributed by atoms with Crippen molar-refractivity contribution in [2.45, 2.75) is 13.0 Å². The molecule has 0 amide bonds. The largest absolute Gasteiger partial charge is 0.468 e. The maximum Gasteiger partial charge on any atom is 0.176 e. The molecular weight excluding hydrogens is 240 g/mol. The number of ketones is 1. The first-order chi connectivity index (χ1) is 9.33. The number of anilines is 1. The molecular formula is C15H16N2O2. The average Bonchev–Trinajstić information content (AvgIpc) is 3.08. The summed E-state index contributed by atoms with van der Waals surface area (Å²) in [7, 11) is 0. The Balaban J connectivity index is 1.58. The van der Waals surface area contributed by atoms with E-state index < -0.39 is 0 Å². The first-order valence-electron chi connectivity index (χ1n) is 6.46. The van der Waals surface area contributed by atoms with Gasteiger partial charge in [-0.15, -0.1) is 0 Å². The quantitative estimate of drug-likeness (QED) is 0.805. The van der Waals surface area contributed by atoms with Crippen molar-refractivity contribution in [3.63, 3.8) is 0 Å². The van der Waals surface area contributed by atoms with Gasteiger partial charge in [0.25, 0.3) is 0 Å². The predicted molar refractivity (Wildman–Crippen MR) is 73.4 cm³/mol. The van der Waals surface area contributed by atoms with Crippen LogP contribution in [0.4, 0.5) is 5.69 Å². The third-order valence-electron chi connectivity index (χ3n) is 3.30. The van der Waals surface area contributed by atoms with Crippen LogP contribution in [0.5, 0.6) is 0 Å². The van der Waals surface area contributed by atoms with Gasteiger partial charge < -0.3 is 15.1 Å². The second-order valence-electron chi connectivity index (χ2n) is 4.65. The fourth-order valence-electron chi connectivity index (χ4n) is 2.29. The molecule has 3 rings (SSSR count). The lowest BCUT2D eigenvalue weighted by atomic mass is 10.1. The molecule has 0 atom stereocenters. The number of benzene rings is 1. The fraction of sp³-hybridized carbons (Fsp3) is 0.267. The van der Waals surface area contributed by atoms with Crippen LogP contribution in [0, 0.1) is 0 Å². The van der Waals surface area contributed by atoms with E-state index in [0.717, 1.165) is 30.0 Å². The average molecular weight is 256 g/mol. The Morgan fingerprint density at radius 1 is 1.37 bits per heavy atom. The van der Waals surface area contributed by atoms with Crippen molar-refractivity contribution < 1.29 is 9.21 Å². The van der Waals surface area contributed by atoms with Crippen LogP contribution >= 0.6 is 0 Å². The van der Waals surface area contributed by atoms with E-state index in [9.17, 15) is 4.79 Å². The standard InChI is InChI=1S/C15H16N2O2/c18-15(10-16-9-13-2-1-7-19-13)12-3-4-14-11(8-12)5-6-17-14/h1-4,7-8,16-17H,5-6,9-10H2. The highest BCUT2D eigenvalue weighted by Gasteiger charge is 2.13. The Labute approximate surface area is 111 Å². The smallest absolute Gasteiger partial charge is 0.176 e. The van der Waals surface area contributed by atoms with Gasteiger partial charge in [-0.05, 0) is 42.3 Å². The third kappa shape index (κ3) is 2.69. The molecule has 1 aliphatic rings. The molecule has 0 bridgehead atoms. The van der Waals surface area contributed by atoms with Gasteiger partial charge in [-0.25, -0.2) is 0 Å². The number of hydrogen-bond donors (Lipinski definition) is 2. The van der Waals surface area contributed by atoms with Gasteiger partial charge >= 0.3 is 0 Å². The van der Waals surface area contributed by atoms with Crippen molar-refractivity contribution in [2.75, 3.05) is 18.4 Å². The van der Waals surface area contributed by atoms with Crippen LogP contribution in [0.3, 0.4) is 0 Å². The molecule has 4 heteroatoms. The van der Waals surface area contributed by atoms with Crippen LogP contribution in [0.2, 0.25) is 0 Å². The second-order valence-corrected chi connectivity index (χ2v) is 4.65. The number of rotatable bonds is 5. The van der Waals surface area contributed by atoms with Crippen molar-refractivity contribution in [3.8, 4) is 0 Å². The van der Waals surface area contributed by atoms with Crippen molar-refractivity contribution >= 4 is 11.5 Å². The maximum atomic E-state index is 12.1. The molecule has 0 saturated heterocycles. The Morgan fingerprint density at radius 2 is 2.32 bits per heavy atom. The van der Waals surface area contributed by atoms with E-state index >= 15 is 0 Å².